The van der Waals surface area contributed by atoms with E-state index in [0.29, 0.717) is 28.4 Å². The fourth-order valence-electron chi connectivity index (χ4n) is 1.92. The number of halogens is 1. The summed E-state index contributed by atoms with van der Waals surface area (Å²) in [6.07, 6.45) is 0. The van der Waals surface area contributed by atoms with Gasteiger partial charge in [-0.25, -0.2) is 0 Å². The Morgan fingerprint density at radius 1 is 1.14 bits per heavy atom. The number of amides is 1. The fraction of sp³-hybridized carbons (Fsp3) is 0.133. The van der Waals surface area contributed by atoms with Crippen LogP contribution in [-0.2, 0) is 0 Å². The lowest BCUT2D eigenvalue weighted by Crippen LogP contribution is -2.16. The number of carbonyl (C=O) groups is 1. The average molecular weight is 351 g/mol. The van der Waals surface area contributed by atoms with Crippen molar-refractivity contribution in [3.63, 3.8) is 0 Å². The van der Waals surface area contributed by atoms with Gasteiger partial charge in [-0.2, -0.15) is 0 Å². The molecule has 6 heteroatoms. The van der Waals surface area contributed by atoms with Gasteiger partial charge < -0.3 is 20.5 Å². The van der Waals surface area contributed by atoms with E-state index >= 15 is 0 Å². The SMILES string of the molecule is COc1ccc(Br)cc1NC(=O)c1c(N)cccc1OC. The van der Waals surface area contributed by atoms with E-state index in [-0.39, 0.29) is 5.91 Å². The molecule has 0 spiro atoms. The van der Waals surface area contributed by atoms with Crippen molar-refractivity contribution >= 4 is 33.2 Å². The Kier molecular flexibility index (Phi) is 4.70. The Morgan fingerprint density at radius 3 is 2.52 bits per heavy atom. The minimum Gasteiger partial charge on any atom is -0.496 e. The lowest BCUT2D eigenvalue weighted by molar-refractivity contribution is 0.102. The third-order valence-corrected chi connectivity index (χ3v) is 3.41. The minimum atomic E-state index is -0.360. The molecule has 0 bridgehead atoms. The van der Waals surface area contributed by atoms with E-state index in [0.717, 1.165) is 4.47 Å². The summed E-state index contributed by atoms with van der Waals surface area (Å²) in [5.41, 5.74) is 7.06. The summed E-state index contributed by atoms with van der Waals surface area (Å²) in [7, 11) is 3.03. The van der Waals surface area contributed by atoms with Crippen molar-refractivity contribution in [1.29, 1.82) is 0 Å². The van der Waals surface area contributed by atoms with Gasteiger partial charge in [0.1, 0.15) is 17.1 Å². The van der Waals surface area contributed by atoms with E-state index in [9.17, 15) is 4.79 Å². The van der Waals surface area contributed by atoms with Gasteiger partial charge in [-0.1, -0.05) is 22.0 Å². The molecule has 0 unspecified atom stereocenters. The highest BCUT2D eigenvalue weighted by molar-refractivity contribution is 9.10. The molecule has 110 valence electrons. The largest absolute Gasteiger partial charge is 0.496 e. The van der Waals surface area contributed by atoms with Gasteiger partial charge in [-0.05, 0) is 30.3 Å². The van der Waals surface area contributed by atoms with Gasteiger partial charge in [0.05, 0.1) is 19.9 Å². The zero-order valence-corrected chi connectivity index (χ0v) is 13.2. The molecule has 5 nitrogen and oxygen atoms in total. The molecule has 2 aromatic carbocycles. The number of ether oxygens (including phenoxy) is 2. The molecule has 2 rings (SSSR count). The second-order valence-electron chi connectivity index (χ2n) is 4.22. The van der Waals surface area contributed by atoms with E-state index in [1.165, 1.54) is 14.2 Å². The Labute approximate surface area is 131 Å². The maximum atomic E-state index is 12.5. The van der Waals surface area contributed by atoms with Crippen molar-refractivity contribution in [3.05, 3.63) is 46.4 Å². The first-order valence-electron chi connectivity index (χ1n) is 6.14. The second-order valence-corrected chi connectivity index (χ2v) is 5.14. The average Bonchev–Trinajstić information content (AvgIpc) is 2.47. The number of anilines is 2. The third-order valence-electron chi connectivity index (χ3n) is 2.92. The normalized spacial score (nSPS) is 10.0. The van der Waals surface area contributed by atoms with Crippen LogP contribution in [0.15, 0.2) is 40.9 Å². The van der Waals surface area contributed by atoms with Gasteiger partial charge >= 0.3 is 0 Å². The van der Waals surface area contributed by atoms with Crippen molar-refractivity contribution in [2.45, 2.75) is 0 Å². The van der Waals surface area contributed by atoms with Crippen LogP contribution in [0.1, 0.15) is 10.4 Å². The Balaban J connectivity index is 2.37. The molecular weight excluding hydrogens is 336 g/mol. The number of rotatable bonds is 4. The number of hydrogen-bond donors (Lipinski definition) is 2. The number of nitrogen functional groups attached to an aromatic ring is 1. The van der Waals surface area contributed by atoms with E-state index < -0.39 is 0 Å². The summed E-state index contributed by atoms with van der Waals surface area (Å²) >= 11 is 3.36. The molecule has 3 N–H and O–H groups in total. The van der Waals surface area contributed by atoms with Crippen molar-refractivity contribution < 1.29 is 14.3 Å². The highest BCUT2D eigenvalue weighted by Crippen LogP contribution is 2.30. The minimum absolute atomic E-state index is 0.294. The second kappa shape index (κ2) is 6.49. The summed E-state index contributed by atoms with van der Waals surface area (Å²) in [5, 5.41) is 2.78. The molecule has 0 aromatic heterocycles. The highest BCUT2D eigenvalue weighted by Gasteiger charge is 2.17. The van der Waals surface area contributed by atoms with Crippen LogP contribution in [0.25, 0.3) is 0 Å². The summed E-state index contributed by atoms with van der Waals surface area (Å²) in [6, 6.07) is 10.4. The van der Waals surface area contributed by atoms with Gasteiger partial charge in [0.25, 0.3) is 5.91 Å². The van der Waals surface area contributed by atoms with Gasteiger partial charge in [0, 0.05) is 10.2 Å². The molecular formula is C15H15BrN2O3. The smallest absolute Gasteiger partial charge is 0.261 e. The van der Waals surface area contributed by atoms with Crippen LogP contribution in [0.2, 0.25) is 0 Å². The summed E-state index contributed by atoms with van der Waals surface area (Å²) in [4.78, 5) is 12.5. The predicted octanol–water partition coefficient (Wildman–Crippen LogP) is 3.30. The molecule has 0 saturated carbocycles. The zero-order chi connectivity index (χ0) is 15.4. The van der Waals surface area contributed by atoms with E-state index in [1.807, 2.05) is 6.07 Å². The first kappa shape index (κ1) is 15.2. The number of methoxy groups -OCH3 is 2. The topological polar surface area (TPSA) is 73.6 Å². The zero-order valence-electron chi connectivity index (χ0n) is 11.6. The fourth-order valence-corrected chi connectivity index (χ4v) is 2.28. The van der Waals surface area contributed by atoms with Crippen molar-refractivity contribution in [1.82, 2.24) is 0 Å². The summed E-state index contributed by atoms with van der Waals surface area (Å²) in [5.74, 6) is 0.614. The molecule has 0 aliphatic rings. The quantitative estimate of drug-likeness (QED) is 0.829. The molecule has 0 radical (unpaired) electrons. The van der Waals surface area contributed by atoms with Crippen LogP contribution in [0.4, 0.5) is 11.4 Å². The maximum absolute atomic E-state index is 12.5. The Morgan fingerprint density at radius 2 is 1.86 bits per heavy atom. The van der Waals surface area contributed by atoms with Gasteiger partial charge in [0.15, 0.2) is 0 Å². The van der Waals surface area contributed by atoms with E-state index in [2.05, 4.69) is 21.2 Å². The predicted molar refractivity (Wildman–Crippen MR) is 86.1 cm³/mol. The number of nitrogens with two attached hydrogens (primary N) is 1. The summed E-state index contributed by atoms with van der Waals surface area (Å²) < 4.78 is 11.2. The molecule has 0 aliphatic carbocycles. The molecule has 21 heavy (non-hydrogen) atoms. The standard InChI is InChI=1S/C15H15BrN2O3/c1-20-12-7-6-9(16)8-11(12)18-15(19)14-10(17)4-3-5-13(14)21-2/h3-8H,17H2,1-2H3,(H,18,19). The molecule has 0 atom stereocenters. The molecule has 0 saturated heterocycles. The van der Waals surface area contributed by atoms with E-state index in [4.69, 9.17) is 15.2 Å². The van der Waals surface area contributed by atoms with Crippen LogP contribution in [0, 0.1) is 0 Å². The van der Waals surface area contributed by atoms with Gasteiger partial charge in [-0.15, -0.1) is 0 Å². The Bertz CT molecular complexity index is 674. The first-order valence-corrected chi connectivity index (χ1v) is 6.93. The number of benzene rings is 2. The van der Waals surface area contributed by atoms with Crippen molar-refractivity contribution in [2.75, 3.05) is 25.3 Å². The first-order chi connectivity index (χ1) is 10.1. The van der Waals surface area contributed by atoms with Gasteiger partial charge in [-0.3, -0.25) is 4.79 Å². The van der Waals surface area contributed by atoms with E-state index in [1.54, 1.807) is 30.3 Å². The molecule has 0 fully saturated rings. The van der Waals surface area contributed by atoms with Crippen LogP contribution < -0.4 is 20.5 Å². The number of carbonyl (C=O) groups excluding carboxylic acids is 1. The van der Waals surface area contributed by atoms with Crippen molar-refractivity contribution in [2.24, 2.45) is 0 Å². The lowest BCUT2D eigenvalue weighted by Gasteiger charge is -2.13. The summed E-state index contributed by atoms with van der Waals surface area (Å²) in [6.45, 7) is 0. The van der Waals surface area contributed by atoms with Crippen LogP contribution in [0.3, 0.4) is 0 Å². The van der Waals surface area contributed by atoms with Crippen LogP contribution in [-0.4, -0.2) is 20.1 Å². The number of nitrogens with one attached hydrogen (secondary N) is 1. The number of hydrogen-bond acceptors (Lipinski definition) is 4. The molecule has 2 aromatic rings. The highest BCUT2D eigenvalue weighted by atomic mass is 79.9. The van der Waals surface area contributed by atoms with Gasteiger partial charge in [0.2, 0.25) is 0 Å². The Hall–Kier alpha value is -2.21. The molecule has 0 heterocycles. The monoisotopic (exact) mass is 350 g/mol. The molecule has 1 amide bonds. The van der Waals surface area contributed by atoms with Crippen molar-refractivity contribution in [3.8, 4) is 11.5 Å². The lowest BCUT2D eigenvalue weighted by atomic mass is 10.1. The van der Waals surface area contributed by atoms with Crippen LogP contribution in [0.5, 0.6) is 11.5 Å². The maximum Gasteiger partial charge on any atom is 0.261 e. The third kappa shape index (κ3) is 3.28. The molecule has 0 aliphatic heterocycles. The van der Waals surface area contributed by atoms with Crippen LogP contribution >= 0.6 is 15.9 Å².